The predicted molar refractivity (Wildman–Crippen MR) is 87.6 cm³/mol. The summed E-state index contributed by atoms with van der Waals surface area (Å²) in [5, 5.41) is 3.78. The standard InChI is InChI=1S/C17H25N3O2/c1-14(8-7-12-17(2,3)19-20-18)11-13-22-16(21)15-9-5-4-6-10-15/h4-6,9-10,14H,7-8,11-13H2,1-3H3. The van der Waals surface area contributed by atoms with E-state index in [2.05, 4.69) is 16.9 Å². The van der Waals surface area contributed by atoms with Gasteiger partial charge in [-0.15, -0.1) is 0 Å². The van der Waals surface area contributed by atoms with Gasteiger partial charge in [0, 0.05) is 10.5 Å². The zero-order valence-corrected chi connectivity index (χ0v) is 13.7. The van der Waals surface area contributed by atoms with Crippen LogP contribution in [0.5, 0.6) is 0 Å². The number of carbonyl (C=O) groups excluding carboxylic acids is 1. The van der Waals surface area contributed by atoms with Gasteiger partial charge in [-0.05, 0) is 36.4 Å². The lowest BCUT2D eigenvalue weighted by Crippen LogP contribution is -2.15. The zero-order chi connectivity index (χ0) is 16.4. The summed E-state index contributed by atoms with van der Waals surface area (Å²) >= 11 is 0. The molecule has 0 amide bonds. The van der Waals surface area contributed by atoms with Gasteiger partial charge in [-0.25, -0.2) is 4.79 Å². The van der Waals surface area contributed by atoms with Crippen molar-refractivity contribution in [3.8, 4) is 0 Å². The van der Waals surface area contributed by atoms with Crippen LogP contribution in [0.25, 0.3) is 10.4 Å². The van der Waals surface area contributed by atoms with Crippen molar-refractivity contribution in [1.82, 2.24) is 0 Å². The molecule has 0 aromatic heterocycles. The molecule has 1 rings (SSSR count). The molecular formula is C17H25N3O2. The fraction of sp³-hybridized carbons (Fsp3) is 0.588. The molecule has 0 radical (unpaired) electrons. The SMILES string of the molecule is CC(CCCC(C)(C)N=[N+]=[N-])CCOC(=O)c1ccccc1. The molecule has 22 heavy (non-hydrogen) atoms. The minimum atomic E-state index is -0.325. The Morgan fingerprint density at radius 1 is 1.32 bits per heavy atom. The third-order valence-electron chi connectivity index (χ3n) is 3.65. The number of azide groups is 1. The molecule has 5 heteroatoms. The molecule has 0 aliphatic heterocycles. The normalized spacial score (nSPS) is 12.3. The first-order chi connectivity index (χ1) is 10.4. The summed E-state index contributed by atoms with van der Waals surface area (Å²) < 4.78 is 5.28. The van der Waals surface area contributed by atoms with Crippen LogP contribution in [0.4, 0.5) is 0 Å². The number of hydrogen-bond acceptors (Lipinski definition) is 3. The van der Waals surface area contributed by atoms with Crippen molar-refractivity contribution in [2.24, 2.45) is 11.0 Å². The van der Waals surface area contributed by atoms with Crippen molar-refractivity contribution < 1.29 is 9.53 Å². The van der Waals surface area contributed by atoms with Crippen LogP contribution in [-0.2, 0) is 4.74 Å². The number of ether oxygens (including phenoxy) is 1. The van der Waals surface area contributed by atoms with E-state index in [0.29, 0.717) is 18.1 Å². The molecule has 0 heterocycles. The molecule has 0 fully saturated rings. The van der Waals surface area contributed by atoms with E-state index in [9.17, 15) is 4.79 Å². The van der Waals surface area contributed by atoms with Gasteiger partial charge in [-0.3, -0.25) is 0 Å². The molecule has 5 nitrogen and oxygen atoms in total. The van der Waals surface area contributed by atoms with Crippen LogP contribution in [0, 0.1) is 5.92 Å². The molecule has 0 spiro atoms. The summed E-state index contributed by atoms with van der Waals surface area (Å²) in [5.41, 5.74) is 8.75. The molecule has 1 aromatic rings. The summed E-state index contributed by atoms with van der Waals surface area (Å²) in [5.74, 6) is 0.211. The minimum absolute atomic E-state index is 0.266. The number of carbonyl (C=O) groups is 1. The van der Waals surface area contributed by atoms with Crippen LogP contribution in [0.2, 0.25) is 0 Å². The first-order valence-electron chi connectivity index (χ1n) is 7.73. The van der Waals surface area contributed by atoms with Crippen molar-refractivity contribution in [2.75, 3.05) is 6.61 Å². The predicted octanol–water partition coefficient (Wildman–Crippen LogP) is 5.13. The Hall–Kier alpha value is -2.00. The topological polar surface area (TPSA) is 75.1 Å². The van der Waals surface area contributed by atoms with Crippen LogP contribution in [0.3, 0.4) is 0 Å². The first-order valence-corrected chi connectivity index (χ1v) is 7.73. The van der Waals surface area contributed by atoms with Crippen molar-refractivity contribution in [3.63, 3.8) is 0 Å². The second-order valence-electron chi connectivity index (χ2n) is 6.29. The molecule has 0 saturated carbocycles. The second-order valence-corrected chi connectivity index (χ2v) is 6.29. The van der Waals surface area contributed by atoms with Crippen LogP contribution >= 0.6 is 0 Å². The van der Waals surface area contributed by atoms with E-state index in [1.807, 2.05) is 32.0 Å². The van der Waals surface area contributed by atoms with E-state index >= 15 is 0 Å². The van der Waals surface area contributed by atoms with Crippen molar-refractivity contribution in [1.29, 1.82) is 0 Å². The summed E-state index contributed by atoms with van der Waals surface area (Å²) in [6.45, 7) is 6.48. The van der Waals surface area contributed by atoms with Gasteiger partial charge in [0.2, 0.25) is 0 Å². The molecular weight excluding hydrogens is 278 g/mol. The van der Waals surface area contributed by atoms with Gasteiger partial charge >= 0.3 is 5.97 Å². The van der Waals surface area contributed by atoms with Crippen LogP contribution in [-0.4, -0.2) is 18.1 Å². The highest BCUT2D eigenvalue weighted by atomic mass is 16.5. The Morgan fingerprint density at radius 3 is 2.64 bits per heavy atom. The Balaban J connectivity index is 2.20. The van der Waals surface area contributed by atoms with Gasteiger partial charge in [0.15, 0.2) is 0 Å². The summed E-state index contributed by atoms with van der Waals surface area (Å²) in [6.07, 6.45) is 3.75. The second kappa shape index (κ2) is 9.11. The maximum Gasteiger partial charge on any atom is 0.338 e. The highest BCUT2D eigenvalue weighted by molar-refractivity contribution is 5.89. The molecule has 0 saturated heterocycles. The van der Waals surface area contributed by atoms with Crippen molar-refractivity contribution in [2.45, 2.75) is 52.0 Å². The average molecular weight is 303 g/mol. The fourth-order valence-electron chi connectivity index (χ4n) is 2.21. The van der Waals surface area contributed by atoms with E-state index in [0.717, 1.165) is 25.7 Å². The fourth-order valence-corrected chi connectivity index (χ4v) is 2.21. The smallest absolute Gasteiger partial charge is 0.338 e. The van der Waals surface area contributed by atoms with Crippen molar-refractivity contribution in [3.05, 3.63) is 46.3 Å². The van der Waals surface area contributed by atoms with Gasteiger partial charge < -0.3 is 4.74 Å². The van der Waals surface area contributed by atoms with E-state index < -0.39 is 0 Å². The monoisotopic (exact) mass is 303 g/mol. The summed E-state index contributed by atoms with van der Waals surface area (Å²) in [6, 6.07) is 9.03. The summed E-state index contributed by atoms with van der Waals surface area (Å²) in [7, 11) is 0. The minimum Gasteiger partial charge on any atom is -0.462 e. The molecule has 1 unspecified atom stereocenters. The molecule has 1 atom stereocenters. The molecule has 1 aromatic carbocycles. The van der Waals surface area contributed by atoms with Gasteiger partial charge in [-0.1, -0.05) is 56.9 Å². The lowest BCUT2D eigenvalue weighted by molar-refractivity contribution is 0.0483. The van der Waals surface area contributed by atoms with Gasteiger partial charge in [0.1, 0.15) is 0 Å². The lowest BCUT2D eigenvalue weighted by Gasteiger charge is -2.18. The Labute approximate surface area is 132 Å². The van der Waals surface area contributed by atoms with E-state index in [1.54, 1.807) is 12.1 Å². The van der Waals surface area contributed by atoms with Gasteiger partial charge in [0.05, 0.1) is 12.2 Å². The van der Waals surface area contributed by atoms with E-state index in [4.69, 9.17) is 10.3 Å². The molecule has 0 N–H and O–H groups in total. The van der Waals surface area contributed by atoms with E-state index in [1.165, 1.54) is 0 Å². The maximum atomic E-state index is 11.8. The molecule has 0 bridgehead atoms. The van der Waals surface area contributed by atoms with Crippen LogP contribution in [0.1, 0.15) is 56.8 Å². The third-order valence-corrected chi connectivity index (χ3v) is 3.65. The Kier molecular flexibility index (Phi) is 7.47. The lowest BCUT2D eigenvalue weighted by atomic mass is 9.94. The number of esters is 1. The zero-order valence-electron chi connectivity index (χ0n) is 13.7. The average Bonchev–Trinajstić information content (AvgIpc) is 2.47. The largest absolute Gasteiger partial charge is 0.462 e. The number of rotatable bonds is 9. The molecule has 0 aliphatic carbocycles. The van der Waals surface area contributed by atoms with Crippen molar-refractivity contribution >= 4 is 5.97 Å². The first kappa shape index (κ1) is 18.1. The molecule has 120 valence electrons. The highest BCUT2D eigenvalue weighted by Gasteiger charge is 2.15. The Bertz CT molecular complexity index is 508. The maximum absolute atomic E-state index is 11.8. The highest BCUT2D eigenvalue weighted by Crippen LogP contribution is 2.21. The Morgan fingerprint density at radius 2 is 2.00 bits per heavy atom. The summed E-state index contributed by atoms with van der Waals surface area (Å²) in [4.78, 5) is 14.6. The van der Waals surface area contributed by atoms with Crippen LogP contribution in [0.15, 0.2) is 35.4 Å². The van der Waals surface area contributed by atoms with Gasteiger partial charge in [-0.2, -0.15) is 0 Å². The third kappa shape index (κ3) is 7.14. The quantitative estimate of drug-likeness (QED) is 0.274. The number of benzene rings is 1. The van der Waals surface area contributed by atoms with Crippen LogP contribution < -0.4 is 0 Å². The number of hydrogen-bond donors (Lipinski definition) is 0. The van der Waals surface area contributed by atoms with Gasteiger partial charge in [0.25, 0.3) is 0 Å². The number of nitrogens with zero attached hydrogens (tertiary/aromatic N) is 3. The van der Waals surface area contributed by atoms with E-state index in [-0.39, 0.29) is 11.5 Å². The molecule has 0 aliphatic rings.